The largest absolute Gasteiger partial charge is 0.478 e. The van der Waals surface area contributed by atoms with Gasteiger partial charge in [0.1, 0.15) is 11.3 Å². The maximum atomic E-state index is 14.3. The van der Waals surface area contributed by atoms with Crippen LogP contribution in [0.25, 0.3) is 10.9 Å². The van der Waals surface area contributed by atoms with Crippen molar-refractivity contribution in [2.45, 2.75) is 45.4 Å². The highest BCUT2D eigenvalue weighted by Gasteiger charge is 2.33. The summed E-state index contributed by atoms with van der Waals surface area (Å²) in [5.41, 5.74) is 2.40. The van der Waals surface area contributed by atoms with Crippen LogP contribution in [-0.4, -0.2) is 16.1 Å². The summed E-state index contributed by atoms with van der Waals surface area (Å²) in [7, 11) is 0. The fourth-order valence-corrected chi connectivity index (χ4v) is 3.37. The zero-order valence-corrected chi connectivity index (χ0v) is 12.5. The molecule has 0 saturated carbocycles. The monoisotopic (exact) mass is 287 g/mol. The van der Waals surface area contributed by atoms with Crippen LogP contribution in [0.3, 0.4) is 0 Å². The van der Waals surface area contributed by atoms with Gasteiger partial charge in [0.15, 0.2) is 0 Å². The van der Waals surface area contributed by atoms with Gasteiger partial charge in [-0.15, -0.1) is 0 Å². The van der Waals surface area contributed by atoms with E-state index in [9.17, 15) is 14.3 Å². The summed E-state index contributed by atoms with van der Waals surface area (Å²) in [5, 5.41) is 10.1. The SMILES string of the molecule is Cc1cc(F)c2nc3c(c(C(=O)O)c2c1)CCCC3(C)C. The maximum absolute atomic E-state index is 14.3. The van der Waals surface area contributed by atoms with Gasteiger partial charge in [0.2, 0.25) is 0 Å². The third-order valence-corrected chi connectivity index (χ3v) is 4.37. The van der Waals surface area contributed by atoms with Gasteiger partial charge < -0.3 is 5.11 Å². The Morgan fingerprint density at radius 1 is 1.38 bits per heavy atom. The molecule has 2 aromatic rings. The number of pyridine rings is 1. The molecule has 0 spiro atoms. The van der Waals surface area contributed by atoms with E-state index in [0.29, 0.717) is 17.4 Å². The lowest BCUT2D eigenvalue weighted by molar-refractivity contribution is 0.0697. The number of halogens is 1. The molecule has 110 valence electrons. The van der Waals surface area contributed by atoms with E-state index in [1.54, 1.807) is 13.0 Å². The van der Waals surface area contributed by atoms with Gasteiger partial charge >= 0.3 is 5.97 Å². The molecule has 3 nitrogen and oxygen atoms in total. The van der Waals surface area contributed by atoms with E-state index in [0.717, 1.165) is 24.1 Å². The van der Waals surface area contributed by atoms with Crippen molar-refractivity contribution in [1.82, 2.24) is 4.98 Å². The van der Waals surface area contributed by atoms with E-state index < -0.39 is 11.8 Å². The highest BCUT2D eigenvalue weighted by Crippen LogP contribution is 2.39. The standard InChI is InChI=1S/C17H18FNO2/c1-9-7-11-13(16(20)21)10-5-4-6-17(2,3)15(10)19-14(11)12(18)8-9/h7-8H,4-6H2,1-3H3,(H,20,21). The van der Waals surface area contributed by atoms with Crippen LogP contribution in [-0.2, 0) is 11.8 Å². The number of fused-ring (bicyclic) bond motifs is 2. The van der Waals surface area contributed by atoms with Crippen LogP contribution in [0.4, 0.5) is 4.39 Å². The summed E-state index contributed by atoms with van der Waals surface area (Å²) in [6.45, 7) is 5.85. The molecule has 0 saturated heterocycles. The average Bonchev–Trinajstić information content (AvgIpc) is 2.35. The Morgan fingerprint density at radius 3 is 2.76 bits per heavy atom. The molecule has 1 N–H and O–H groups in total. The van der Waals surface area contributed by atoms with Gasteiger partial charge in [0.05, 0.1) is 11.3 Å². The van der Waals surface area contributed by atoms with Crippen LogP contribution in [0, 0.1) is 12.7 Å². The number of aromatic carboxylic acids is 1. The van der Waals surface area contributed by atoms with E-state index in [1.807, 2.05) is 13.8 Å². The number of benzene rings is 1. The molecule has 1 aliphatic carbocycles. The van der Waals surface area contributed by atoms with Crippen LogP contribution < -0.4 is 0 Å². The van der Waals surface area contributed by atoms with Crippen LogP contribution >= 0.6 is 0 Å². The van der Waals surface area contributed by atoms with E-state index in [2.05, 4.69) is 4.98 Å². The summed E-state index contributed by atoms with van der Waals surface area (Å²) in [6, 6.07) is 3.12. The summed E-state index contributed by atoms with van der Waals surface area (Å²) in [4.78, 5) is 16.3. The molecule has 0 radical (unpaired) electrons. The quantitative estimate of drug-likeness (QED) is 0.862. The number of hydrogen-bond donors (Lipinski definition) is 1. The molecule has 3 rings (SSSR count). The smallest absolute Gasteiger partial charge is 0.336 e. The molecule has 0 amide bonds. The maximum Gasteiger partial charge on any atom is 0.336 e. The van der Waals surface area contributed by atoms with Crippen molar-refractivity contribution in [3.05, 3.63) is 40.3 Å². The number of hydrogen-bond acceptors (Lipinski definition) is 2. The van der Waals surface area contributed by atoms with Crippen LogP contribution in [0.2, 0.25) is 0 Å². The van der Waals surface area contributed by atoms with Gasteiger partial charge in [0, 0.05) is 10.8 Å². The van der Waals surface area contributed by atoms with E-state index in [4.69, 9.17) is 0 Å². The van der Waals surface area contributed by atoms with Crippen molar-refractivity contribution in [3.63, 3.8) is 0 Å². The Hall–Kier alpha value is -1.97. The van der Waals surface area contributed by atoms with Crippen molar-refractivity contribution in [2.75, 3.05) is 0 Å². The fraction of sp³-hybridized carbons (Fsp3) is 0.412. The molecule has 0 unspecified atom stereocenters. The first-order valence-electron chi connectivity index (χ1n) is 7.18. The summed E-state index contributed by atoms with van der Waals surface area (Å²) >= 11 is 0. The Balaban J connectivity index is 2.50. The van der Waals surface area contributed by atoms with Crippen molar-refractivity contribution >= 4 is 16.9 Å². The summed E-state index contributed by atoms with van der Waals surface area (Å²) in [5.74, 6) is -1.45. The first-order chi connectivity index (χ1) is 9.81. The molecule has 0 bridgehead atoms. The second-order valence-corrected chi connectivity index (χ2v) is 6.50. The zero-order valence-electron chi connectivity index (χ0n) is 12.5. The molecular formula is C17H18FNO2. The van der Waals surface area contributed by atoms with Gasteiger partial charge in [0.25, 0.3) is 0 Å². The first-order valence-corrected chi connectivity index (χ1v) is 7.18. The summed E-state index contributed by atoms with van der Waals surface area (Å²) in [6.07, 6.45) is 2.56. The molecule has 1 aliphatic rings. The Labute approximate surface area is 122 Å². The average molecular weight is 287 g/mol. The van der Waals surface area contributed by atoms with E-state index >= 15 is 0 Å². The predicted octanol–water partition coefficient (Wildman–Crippen LogP) is 3.99. The first kappa shape index (κ1) is 14.0. The minimum atomic E-state index is -0.999. The Morgan fingerprint density at radius 2 is 2.10 bits per heavy atom. The highest BCUT2D eigenvalue weighted by atomic mass is 19.1. The van der Waals surface area contributed by atoms with Gasteiger partial charge in [-0.1, -0.05) is 13.8 Å². The van der Waals surface area contributed by atoms with Gasteiger partial charge in [-0.25, -0.2) is 14.2 Å². The molecule has 1 aromatic heterocycles. The van der Waals surface area contributed by atoms with Gasteiger partial charge in [-0.2, -0.15) is 0 Å². The second-order valence-electron chi connectivity index (χ2n) is 6.50. The van der Waals surface area contributed by atoms with E-state index in [-0.39, 0.29) is 16.5 Å². The number of aryl methyl sites for hydroxylation is 1. The second kappa shape index (κ2) is 4.52. The highest BCUT2D eigenvalue weighted by molar-refractivity contribution is 6.04. The number of rotatable bonds is 1. The fourth-order valence-electron chi connectivity index (χ4n) is 3.37. The van der Waals surface area contributed by atoms with Crippen molar-refractivity contribution in [3.8, 4) is 0 Å². The summed E-state index contributed by atoms with van der Waals surface area (Å²) < 4.78 is 14.3. The number of carboxylic acids is 1. The van der Waals surface area contributed by atoms with Crippen LogP contribution in [0.15, 0.2) is 12.1 Å². The predicted molar refractivity (Wildman–Crippen MR) is 79.4 cm³/mol. The number of carbonyl (C=O) groups is 1. The van der Waals surface area contributed by atoms with Crippen LogP contribution in [0.1, 0.15) is 53.9 Å². The number of aromatic nitrogens is 1. The third-order valence-electron chi connectivity index (χ3n) is 4.37. The minimum absolute atomic E-state index is 0.173. The molecule has 1 heterocycles. The van der Waals surface area contributed by atoms with Crippen molar-refractivity contribution in [1.29, 1.82) is 0 Å². The molecule has 1 aromatic carbocycles. The number of carboxylic acid groups (broad SMARTS) is 1. The lowest BCUT2D eigenvalue weighted by atomic mass is 9.74. The third kappa shape index (κ3) is 2.09. The topological polar surface area (TPSA) is 50.2 Å². The van der Waals surface area contributed by atoms with E-state index in [1.165, 1.54) is 6.07 Å². The molecule has 4 heteroatoms. The van der Waals surface area contributed by atoms with Crippen LogP contribution in [0.5, 0.6) is 0 Å². The minimum Gasteiger partial charge on any atom is -0.478 e. The molecule has 0 aliphatic heterocycles. The Bertz CT molecular complexity index is 765. The Kier molecular flexibility index (Phi) is 3.01. The molecule has 0 atom stereocenters. The van der Waals surface area contributed by atoms with Crippen molar-refractivity contribution in [2.24, 2.45) is 0 Å². The molecular weight excluding hydrogens is 269 g/mol. The van der Waals surface area contributed by atoms with Gasteiger partial charge in [-0.3, -0.25) is 0 Å². The normalized spacial score (nSPS) is 16.8. The lowest BCUT2D eigenvalue weighted by Gasteiger charge is -2.32. The van der Waals surface area contributed by atoms with Crippen molar-refractivity contribution < 1.29 is 14.3 Å². The molecule has 21 heavy (non-hydrogen) atoms. The molecule has 0 fully saturated rings. The zero-order chi connectivity index (χ0) is 15.4. The lowest BCUT2D eigenvalue weighted by Crippen LogP contribution is -2.27. The van der Waals surface area contributed by atoms with Gasteiger partial charge in [-0.05, 0) is 49.4 Å². The number of nitrogens with zero attached hydrogens (tertiary/aromatic N) is 1.